The summed E-state index contributed by atoms with van der Waals surface area (Å²) >= 11 is 0. The summed E-state index contributed by atoms with van der Waals surface area (Å²) in [5.74, 6) is -1.26. The van der Waals surface area contributed by atoms with Gasteiger partial charge in [0.15, 0.2) is 0 Å². The van der Waals surface area contributed by atoms with Crippen LogP contribution in [0.3, 0.4) is 0 Å². The van der Waals surface area contributed by atoms with Crippen molar-refractivity contribution in [1.29, 1.82) is 0 Å². The normalized spacial score (nSPS) is 11.8. The van der Waals surface area contributed by atoms with Crippen LogP contribution >= 0.6 is 0 Å². The summed E-state index contributed by atoms with van der Waals surface area (Å²) in [7, 11) is 1.55. The summed E-state index contributed by atoms with van der Waals surface area (Å²) < 4.78 is 0. The monoisotopic (exact) mass is 306 g/mol. The van der Waals surface area contributed by atoms with Gasteiger partial charge >= 0.3 is 11.8 Å². The molecule has 22 heavy (non-hydrogen) atoms. The van der Waals surface area contributed by atoms with E-state index < -0.39 is 17.9 Å². The van der Waals surface area contributed by atoms with E-state index in [-0.39, 0.29) is 0 Å². The Morgan fingerprint density at radius 1 is 1.27 bits per heavy atom. The fraction of sp³-hybridized carbons (Fsp3) is 0.529. The van der Waals surface area contributed by atoms with Gasteiger partial charge in [0.2, 0.25) is 0 Å². The highest BCUT2D eigenvalue weighted by Gasteiger charge is 2.18. The molecule has 0 aliphatic rings. The summed E-state index contributed by atoms with van der Waals surface area (Å²) in [4.78, 5) is 25.1. The highest BCUT2D eigenvalue weighted by Crippen LogP contribution is 2.12. The number of anilines is 1. The van der Waals surface area contributed by atoms with Gasteiger partial charge in [-0.1, -0.05) is 25.5 Å². The van der Waals surface area contributed by atoms with Crippen molar-refractivity contribution in [3.63, 3.8) is 0 Å². The van der Waals surface area contributed by atoms with Crippen molar-refractivity contribution in [1.82, 2.24) is 4.90 Å². The molecule has 0 aromatic heterocycles. The van der Waals surface area contributed by atoms with Crippen LogP contribution in [0.15, 0.2) is 24.3 Å². The van der Waals surface area contributed by atoms with Crippen LogP contribution in [-0.2, 0) is 16.0 Å². The Morgan fingerprint density at radius 2 is 1.91 bits per heavy atom. The molecule has 5 heteroatoms. The summed E-state index contributed by atoms with van der Waals surface area (Å²) in [6.45, 7) is 4.15. The first-order valence-corrected chi connectivity index (χ1v) is 7.77. The fourth-order valence-electron chi connectivity index (χ4n) is 1.98. The van der Waals surface area contributed by atoms with Gasteiger partial charge in [-0.3, -0.25) is 9.59 Å². The molecular weight excluding hydrogens is 280 g/mol. The molecule has 122 valence electrons. The predicted molar refractivity (Wildman–Crippen MR) is 87.6 cm³/mol. The third-order valence-electron chi connectivity index (χ3n) is 3.45. The Bertz CT molecular complexity index is 483. The Morgan fingerprint density at radius 3 is 2.45 bits per heavy atom. The average molecular weight is 306 g/mol. The van der Waals surface area contributed by atoms with Gasteiger partial charge in [-0.25, -0.2) is 0 Å². The lowest BCUT2D eigenvalue weighted by atomic mass is 10.1. The van der Waals surface area contributed by atoms with E-state index in [4.69, 9.17) is 0 Å². The molecule has 0 bridgehead atoms. The molecule has 1 unspecified atom stereocenters. The zero-order valence-electron chi connectivity index (χ0n) is 13.6. The second kappa shape index (κ2) is 9.20. The van der Waals surface area contributed by atoms with E-state index in [2.05, 4.69) is 12.2 Å². The number of aliphatic hydroxyl groups excluding tert-OH is 1. The van der Waals surface area contributed by atoms with E-state index in [0.717, 1.165) is 19.3 Å². The SMILES string of the molecule is CCCCc1ccc(NC(=O)C(=O)N(C)CCC(C)O)cc1. The van der Waals surface area contributed by atoms with E-state index in [1.165, 1.54) is 10.5 Å². The topological polar surface area (TPSA) is 69.6 Å². The summed E-state index contributed by atoms with van der Waals surface area (Å²) in [5, 5.41) is 11.8. The smallest absolute Gasteiger partial charge is 0.313 e. The Hall–Kier alpha value is -1.88. The maximum Gasteiger partial charge on any atom is 0.313 e. The summed E-state index contributed by atoms with van der Waals surface area (Å²) in [6.07, 6.45) is 3.26. The van der Waals surface area contributed by atoms with Crippen LogP contribution < -0.4 is 5.32 Å². The maximum absolute atomic E-state index is 11.9. The minimum absolute atomic E-state index is 0.347. The number of rotatable bonds is 7. The number of carbonyl (C=O) groups is 2. The van der Waals surface area contributed by atoms with Gasteiger partial charge in [-0.2, -0.15) is 0 Å². The van der Waals surface area contributed by atoms with Gasteiger partial charge in [0, 0.05) is 19.3 Å². The van der Waals surface area contributed by atoms with Gasteiger partial charge in [0.05, 0.1) is 6.10 Å². The lowest BCUT2D eigenvalue weighted by Gasteiger charge is -2.17. The van der Waals surface area contributed by atoms with E-state index in [0.29, 0.717) is 18.7 Å². The number of benzene rings is 1. The molecule has 0 aliphatic carbocycles. The maximum atomic E-state index is 11.9. The molecule has 1 rings (SSSR count). The number of aliphatic hydroxyl groups is 1. The standard InChI is InChI=1S/C17H26N2O3/c1-4-5-6-14-7-9-15(10-8-14)18-16(21)17(22)19(3)12-11-13(2)20/h7-10,13,20H,4-6,11-12H2,1-3H3,(H,18,21). The van der Waals surface area contributed by atoms with E-state index in [9.17, 15) is 14.7 Å². The molecule has 0 saturated heterocycles. The van der Waals surface area contributed by atoms with Crippen LogP contribution in [0, 0.1) is 0 Å². The van der Waals surface area contributed by atoms with Gasteiger partial charge < -0.3 is 15.3 Å². The Labute approximate surface area is 132 Å². The second-order valence-corrected chi connectivity index (χ2v) is 5.62. The van der Waals surface area contributed by atoms with Crippen molar-refractivity contribution in [3.05, 3.63) is 29.8 Å². The lowest BCUT2D eigenvalue weighted by Crippen LogP contribution is -2.38. The van der Waals surface area contributed by atoms with Crippen molar-refractivity contribution in [2.75, 3.05) is 18.9 Å². The fourth-order valence-corrected chi connectivity index (χ4v) is 1.98. The minimum Gasteiger partial charge on any atom is -0.393 e. The molecule has 0 aliphatic heterocycles. The van der Waals surface area contributed by atoms with E-state index >= 15 is 0 Å². The van der Waals surface area contributed by atoms with Crippen molar-refractivity contribution >= 4 is 17.5 Å². The molecule has 0 saturated carbocycles. The summed E-state index contributed by atoms with van der Waals surface area (Å²) in [5.41, 5.74) is 1.84. The largest absolute Gasteiger partial charge is 0.393 e. The average Bonchev–Trinajstić information content (AvgIpc) is 2.51. The first-order chi connectivity index (χ1) is 10.4. The van der Waals surface area contributed by atoms with Crippen LogP contribution in [0.25, 0.3) is 0 Å². The number of nitrogens with zero attached hydrogens (tertiary/aromatic N) is 1. The van der Waals surface area contributed by atoms with Gasteiger partial charge in [-0.15, -0.1) is 0 Å². The molecule has 1 aromatic rings. The minimum atomic E-state index is -0.658. The number of amides is 2. The second-order valence-electron chi connectivity index (χ2n) is 5.62. The van der Waals surface area contributed by atoms with Gasteiger partial charge in [0.25, 0.3) is 0 Å². The number of unbranched alkanes of at least 4 members (excludes halogenated alkanes) is 1. The lowest BCUT2D eigenvalue weighted by molar-refractivity contribution is -0.142. The van der Waals surface area contributed by atoms with Gasteiger partial charge in [0.1, 0.15) is 0 Å². The molecule has 1 atom stereocenters. The molecule has 0 spiro atoms. The van der Waals surface area contributed by atoms with Crippen LogP contribution in [0.5, 0.6) is 0 Å². The molecule has 0 fully saturated rings. The predicted octanol–water partition coefficient (Wildman–Crippen LogP) is 2.20. The number of nitrogens with one attached hydrogen (secondary N) is 1. The third-order valence-corrected chi connectivity index (χ3v) is 3.45. The molecule has 0 radical (unpaired) electrons. The van der Waals surface area contributed by atoms with Crippen molar-refractivity contribution in [2.45, 2.75) is 45.6 Å². The number of hydrogen-bond acceptors (Lipinski definition) is 3. The van der Waals surface area contributed by atoms with E-state index in [1.807, 2.05) is 24.3 Å². The van der Waals surface area contributed by atoms with Crippen molar-refractivity contribution < 1.29 is 14.7 Å². The van der Waals surface area contributed by atoms with E-state index in [1.54, 1.807) is 14.0 Å². The van der Waals surface area contributed by atoms with Crippen LogP contribution in [0.2, 0.25) is 0 Å². The Kier molecular flexibility index (Phi) is 7.60. The highest BCUT2D eigenvalue weighted by molar-refractivity contribution is 6.39. The molecule has 0 heterocycles. The third kappa shape index (κ3) is 6.26. The number of hydrogen-bond donors (Lipinski definition) is 2. The number of carbonyl (C=O) groups excluding carboxylic acids is 2. The number of likely N-dealkylation sites (N-methyl/N-ethyl adjacent to an activating group) is 1. The van der Waals surface area contributed by atoms with Crippen LogP contribution in [0.1, 0.15) is 38.7 Å². The van der Waals surface area contributed by atoms with Crippen LogP contribution in [0.4, 0.5) is 5.69 Å². The van der Waals surface area contributed by atoms with Crippen molar-refractivity contribution in [2.24, 2.45) is 0 Å². The highest BCUT2D eigenvalue weighted by atomic mass is 16.3. The zero-order valence-corrected chi connectivity index (χ0v) is 13.6. The molecule has 5 nitrogen and oxygen atoms in total. The molecule has 2 N–H and O–H groups in total. The molecule has 2 amide bonds. The first-order valence-electron chi connectivity index (χ1n) is 7.77. The zero-order chi connectivity index (χ0) is 16.5. The van der Waals surface area contributed by atoms with Gasteiger partial charge in [-0.05, 0) is 43.9 Å². The molecule has 1 aromatic carbocycles. The first kappa shape index (κ1) is 18.2. The molecular formula is C17H26N2O3. The number of aryl methyl sites for hydroxylation is 1. The summed E-state index contributed by atoms with van der Waals surface area (Å²) in [6, 6.07) is 7.55. The Balaban J connectivity index is 2.51. The van der Waals surface area contributed by atoms with Crippen LogP contribution in [-0.4, -0.2) is 41.5 Å². The van der Waals surface area contributed by atoms with Crippen molar-refractivity contribution in [3.8, 4) is 0 Å². The quantitative estimate of drug-likeness (QED) is 0.759.